The zero-order chi connectivity index (χ0) is 17.8. The molecule has 0 radical (unpaired) electrons. The number of methoxy groups -OCH3 is 1. The Hall–Kier alpha value is -3.28. The smallest absolute Gasteiger partial charge is 0.275 e. The number of aromatic nitrogens is 1. The Bertz CT molecular complexity index is 944. The van der Waals surface area contributed by atoms with Crippen molar-refractivity contribution < 1.29 is 14.6 Å². The van der Waals surface area contributed by atoms with Crippen LogP contribution in [0.15, 0.2) is 53.8 Å². The quantitative estimate of drug-likeness (QED) is 0.555. The standard InChI is InChI=1S/C19H19N3O3/c1-3-22-12-13(15-6-4-5-7-17(15)22)11-20-21-19(24)16-9-8-14(25-2)10-18(16)23/h4-12,23H,3H2,1-2H3,(H,21,24)/b20-11-. The Morgan fingerprint density at radius 1 is 1.32 bits per heavy atom. The van der Waals surface area contributed by atoms with Gasteiger partial charge in [0, 0.05) is 35.3 Å². The fourth-order valence-corrected chi connectivity index (χ4v) is 2.69. The van der Waals surface area contributed by atoms with E-state index in [4.69, 9.17) is 4.74 Å². The van der Waals surface area contributed by atoms with E-state index in [1.54, 1.807) is 12.3 Å². The summed E-state index contributed by atoms with van der Waals surface area (Å²) in [5, 5.41) is 15.0. The third kappa shape index (κ3) is 3.33. The number of amides is 1. The Balaban J connectivity index is 1.78. The number of rotatable bonds is 5. The van der Waals surface area contributed by atoms with Crippen molar-refractivity contribution >= 4 is 23.0 Å². The number of aryl methyl sites for hydroxylation is 1. The third-order valence-electron chi connectivity index (χ3n) is 3.98. The van der Waals surface area contributed by atoms with Crippen molar-refractivity contribution in [1.82, 2.24) is 9.99 Å². The van der Waals surface area contributed by atoms with E-state index in [0.29, 0.717) is 5.75 Å². The summed E-state index contributed by atoms with van der Waals surface area (Å²) in [6.07, 6.45) is 3.60. The number of fused-ring (bicyclic) bond motifs is 1. The summed E-state index contributed by atoms with van der Waals surface area (Å²) in [5.41, 5.74) is 4.60. The molecule has 0 bridgehead atoms. The van der Waals surface area contributed by atoms with E-state index in [0.717, 1.165) is 23.0 Å². The molecule has 3 rings (SSSR count). The average molecular weight is 337 g/mol. The van der Waals surface area contributed by atoms with Crippen LogP contribution < -0.4 is 10.2 Å². The molecule has 0 aliphatic carbocycles. The van der Waals surface area contributed by atoms with Crippen LogP contribution in [0.5, 0.6) is 11.5 Å². The molecular weight excluding hydrogens is 318 g/mol. The first-order valence-corrected chi connectivity index (χ1v) is 7.92. The van der Waals surface area contributed by atoms with E-state index in [9.17, 15) is 9.90 Å². The second-order valence-electron chi connectivity index (χ2n) is 5.47. The van der Waals surface area contributed by atoms with Gasteiger partial charge in [-0.05, 0) is 25.1 Å². The second kappa shape index (κ2) is 7.09. The summed E-state index contributed by atoms with van der Waals surface area (Å²) in [5.74, 6) is -0.171. The van der Waals surface area contributed by atoms with Crippen molar-refractivity contribution in [2.75, 3.05) is 7.11 Å². The summed E-state index contributed by atoms with van der Waals surface area (Å²) < 4.78 is 7.12. The first kappa shape index (κ1) is 16.6. The SMILES string of the molecule is CCn1cc(/C=N\NC(=O)c2ccc(OC)cc2O)c2ccccc21. The van der Waals surface area contributed by atoms with Crippen molar-refractivity contribution in [3.05, 3.63) is 59.8 Å². The summed E-state index contributed by atoms with van der Waals surface area (Å²) >= 11 is 0. The summed E-state index contributed by atoms with van der Waals surface area (Å²) in [7, 11) is 1.49. The average Bonchev–Trinajstić information content (AvgIpc) is 2.99. The second-order valence-corrected chi connectivity index (χ2v) is 5.47. The highest BCUT2D eigenvalue weighted by molar-refractivity contribution is 6.01. The van der Waals surface area contributed by atoms with E-state index >= 15 is 0 Å². The zero-order valence-corrected chi connectivity index (χ0v) is 14.1. The van der Waals surface area contributed by atoms with Crippen molar-refractivity contribution in [3.8, 4) is 11.5 Å². The summed E-state index contributed by atoms with van der Waals surface area (Å²) in [6, 6.07) is 12.5. The molecule has 2 N–H and O–H groups in total. The predicted molar refractivity (Wildman–Crippen MR) is 97.3 cm³/mol. The van der Waals surface area contributed by atoms with Crippen LogP contribution >= 0.6 is 0 Å². The molecule has 6 heteroatoms. The Kier molecular flexibility index (Phi) is 4.70. The lowest BCUT2D eigenvalue weighted by Crippen LogP contribution is -2.17. The molecule has 3 aromatic rings. The number of hydrogen-bond acceptors (Lipinski definition) is 4. The molecule has 1 amide bonds. The zero-order valence-electron chi connectivity index (χ0n) is 14.1. The number of benzene rings is 2. The van der Waals surface area contributed by atoms with Crippen LogP contribution in [0, 0.1) is 0 Å². The largest absolute Gasteiger partial charge is 0.507 e. The van der Waals surface area contributed by atoms with Crippen LogP contribution in [-0.4, -0.2) is 28.9 Å². The molecule has 1 aromatic heterocycles. The van der Waals surface area contributed by atoms with Gasteiger partial charge in [0.25, 0.3) is 5.91 Å². The van der Waals surface area contributed by atoms with Gasteiger partial charge >= 0.3 is 0 Å². The van der Waals surface area contributed by atoms with Crippen molar-refractivity contribution in [1.29, 1.82) is 0 Å². The van der Waals surface area contributed by atoms with Gasteiger partial charge in [-0.3, -0.25) is 4.79 Å². The number of nitrogens with zero attached hydrogens (tertiary/aromatic N) is 2. The normalized spacial score (nSPS) is 11.1. The number of carbonyl (C=O) groups excluding carboxylic acids is 1. The number of ether oxygens (including phenoxy) is 1. The molecule has 0 aliphatic rings. The van der Waals surface area contributed by atoms with E-state index in [-0.39, 0.29) is 11.3 Å². The minimum absolute atomic E-state index is 0.133. The van der Waals surface area contributed by atoms with Crippen molar-refractivity contribution in [2.45, 2.75) is 13.5 Å². The van der Waals surface area contributed by atoms with Crippen LogP contribution in [0.2, 0.25) is 0 Å². The molecule has 0 atom stereocenters. The van der Waals surface area contributed by atoms with Gasteiger partial charge in [-0.25, -0.2) is 5.43 Å². The van der Waals surface area contributed by atoms with Gasteiger partial charge in [-0.1, -0.05) is 18.2 Å². The maximum atomic E-state index is 12.1. The maximum Gasteiger partial charge on any atom is 0.275 e. The molecule has 0 unspecified atom stereocenters. The highest BCUT2D eigenvalue weighted by Gasteiger charge is 2.11. The molecule has 0 fully saturated rings. The summed E-state index contributed by atoms with van der Waals surface area (Å²) in [6.45, 7) is 2.92. The molecule has 0 aliphatic heterocycles. The van der Waals surface area contributed by atoms with Gasteiger partial charge in [0.1, 0.15) is 11.5 Å². The van der Waals surface area contributed by atoms with E-state index in [2.05, 4.69) is 22.0 Å². The van der Waals surface area contributed by atoms with Crippen molar-refractivity contribution in [3.63, 3.8) is 0 Å². The van der Waals surface area contributed by atoms with Crippen LogP contribution in [-0.2, 0) is 6.54 Å². The highest BCUT2D eigenvalue weighted by Crippen LogP contribution is 2.23. The van der Waals surface area contributed by atoms with Crippen LogP contribution in [0.3, 0.4) is 0 Å². The van der Waals surface area contributed by atoms with Crippen LogP contribution in [0.4, 0.5) is 0 Å². The molecule has 1 heterocycles. The number of phenols is 1. The lowest BCUT2D eigenvalue weighted by Gasteiger charge is -2.05. The number of aromatic hydroxyl groups is 1. The molecule has 0 saturated heterocycles. The molecule has 0 spiro atoms. The first-order valence-electron chi connectivity index (χ1n) is 7.92. The minimum atomic E-state index is -0.490. The van der Waals surface area contributed by atoms with Crippen LogP contribution in [0.1, 0.15) is 22.8 Å². The van der Waals surface area contributed by atoms with Gasteiger partial charge in [-0.2, -0.15) is 5.10 Å². The van der Waals surface area contributed by atoms with Gasteiger partial charge in [0.2, 0.25) is 0 Å². The van der Waals surface area contributed by atoms with E-state index in [1.807, 2.05) is 30.5 Å². The monoisotopic (exact) mass is 337 g/mol. The number of phenolic OH excluding ortho intramolecular Hbond substituents is 1. The molecule has 2 aromatic carbocycles. The Morgan fingerprint density at radius 2 is 2.12 bits per heavy atom. The number of hydrogen-bond donors (Lipinski definition) is 2. The van der Waals surface area contributed by atoms with Crippen LogP contribution in [0.25, 0.3) is 10.9 Å². The molecule has 0 saturated carbocycles. The van der Waals surface area contributed by atoms with E-state index in [1.165, 1.54) is 19.2 Å². The number of para-hydroxylation sites is 1. The molecule has 128 valence electrons. The molecule has 25 heavy (non-hydrogen) atoms. The summed E-state index contributed by atoms with van der Waals surface area (Å²) in [4.78, 5) is 12.1. The minimum Gasteiger partial charge on any atom is -0.507 e. The molecular formula is C19H19N3O3. The predicted octanol–water partition coefficient (Wildman–Crippen LogP) is 3.14. The topological polar surface area (TPSA) is 75.9 Å². The van der Waals surface area contributed by atoms with Gasteiger partial charge in [-0.15, -0.1) is 0 Å². The number of carbonyl (C=O) groups is 1. The fourth-order valence-electron chi connectivity index (χ4n) is 2.69. The van der Waals surface area contributed by atoms with Crippen molar-refractivity contribution in [2.24, 2.45) is 5.10 Å². The Labute approximate surface area is 145 Å². The van der Waals surface area contributed by atoms with Gasteiger partial charge in [0.15, 0.2) is 0 Å². The third-order valence-corrected chi connectivity index (χ3v) is 3.98. The highest BCUT2D eigenvalue weighted by atomic mass is 16.5. The lowest BCUT2D eigenvalue weighted by atomic mass is 10.2. The maximum absolute atomic E-state index is 12.1. The first-order chi connectivity index (χ1) is 12.1. The van der Waals surface area contributed by atoms with Gasteiger partial charge in [0.05, 0.1) is 18.9 Å². The lowest BCUT2D eigenvalue weighted by molar-refractivity contribution is 0.0952. The van der Waals surface area contributed by atoms with E-state index < -0.39 is 5.91 Å². The molecule has 6 nitrogen and oxygen atoms in total. The number of hydrazone groups is 1. The number of nitrogens with one attached hydrogen (secondary N) is 1. The fraction of sp³-hybridized carbons (Fsp3) is 0.158. The van der Waals surface area contributed by atoms with Gasteiger partial charge < -0.3 is 14.4 Å². The Morgan fingerprint density at radius 3 is 2.84 bits per heavy atom.